The minimum absolute atomic E-state index is 0.105. The number of amides is 3. The van der Waals surface area contributed by atoms with Crippen molar-refractivity contribution >= 4 is 45.8 Å². The number of aromatic nitrogens is 1. The maximum absolute atomic E-state index is 12.7. The Kier molecular flexibility index (Phi) is 6.69. The molecule has 3 aromatic rings. The molecule has 0 spiro atoms. The molecule has 0 unspecified atom stereocenters. The van der Waals surface area contributed by atoms with Crippen LogP contribution in [0.1, 0.15) is 11.1 Å². The van der Waals surface area contributed by atoms with Crippen LogP contribution in [0.2, 0.25) is 0 Å². The lowest BCUT2D eigenvalue weighted by molar-refractivity contribution is -0.124. The van der Waals surface area contributed by atoms with E-state index in [1.807, 2.05) is 30.5 Å². The van der Waals surface area contributed by atoms with Crippen molar-refractivity contribution in [3.8, 4) is 11.5 Å². The van der Waals surface area contributed by atoms with Gasteiger partial charge in [0.05, 0.1) is 25.5 Å². The first-order chi connectivity index (χ1) is 16.0. The Morgan fingerprint density at radius 3 is 2.70 bits per heavy atom. The number of para-hydroxylation sites is 1. The number of thioether (sulfide) groups is 1. The number of carbonyl (C=O) groups excluding carboxylic acids is 3. The maximum atomic E-state index is 12.7. The van der Waals surface area contributed by atoms with Crippen LogP contribution in [0.5, 0.6) is 11.5 Å². The van der Waals surface area contributed by atoms with Gasteiger partial charge in [-0.05, 0) is 47.2 Å². The number of hydrogen-bond acceptors (Lipinski definition) is 6. The molecule has 9 heteroatoms. The Bertz CT molecular complexity index is 1250. The number of ether oxygens (including phenoxy) is 2. The second-order valence-electron chi connectivity index (χ2n) is 7.33. The van der Waals surface area contributed by atoms with Gasteiger partial charge in [-0.25, -0.2) is 0 Å². The Morgan fingerprint density at radius 2 is 1.91 bits per heavy atom. The molecule has 0 saturated carbocycles. The molecule has 0 bridgehead atoms. The number of benzene rings is 2. The summed E-state index contributed by atoms with van der Waals surface area (Å²) in [7, 11) is 3.07. The lowest BCUT2D eigenvalue weighted by Crippen LogP contribution is -2.37. The van der Waals surface area contributed by atoms with Crippen LogP contribution < -0.4 is 14.8 Å². The van der Waals surface area contributed by atoms with Gasteiger partial charge in [-0.15, -0.1) is 0 Å². The quantitative estimate of drug-likeness (QED) is 0.493. The van der Waals surface area contributed by atoms with Gasteiger partial charge < -0.3 is 19.8 Å². The zero-order valence-corrected chi connectivity index (χ0v) is 19.0. The Hall–Kier alpha value is -3.72. The molecular weight excluding hydrogens is 442 g/mol. The van der Waals surface area contributed by atoms with Crippen molar-refractivity contribution in [2.24, 2.45) is 0 Å². The summed E-state index contributed by atoms with van der Waals surface area (Å²) in [4.78, 5) is 42.0. The highest BCUT2D eigenvalue weighted by Crippen LogP contribution is 2.34. The van der Waals surface area contributed by atoms with Gasteiger partial charge in [-0.3, -0.25) is 19.3 Å². The average Bonchev–Trinajstić information content (AvgIpc) is 3.34. The number of carbonyl (C=O) groups is 3. The third-order valence-electron chi connectivity index (χ3n) is 5.26. The van der Waals surface area contributed by atoms with E-state index in [0.717, 1.165) is 33.1 Å². The van der Waals surface area contributed by atoms with Gasteiger partial charge in [-0.2, -0.15) is 0 Å². The smallest absolute Gasteiger partial charge is 0.293 e. The van der Waals surface area contributed by atoms with E-state index in [2.05, 4.69) is 10.3 Å². The molecule has 1 aliphatic rings. The van der Waals surface area contributed by atoms with E-state index >= 15 is 0 Å². The van der Waals surface area contributed by atoms with Gasteiger partial charge in [0.25, 0.3) is 11.1 Å². The first-order valence-electron chi connectivity index (χ1n) is 10.3. The van der Waals surface area contributed by atoms with E-state index in [1.165, 1.54) is 7.11 Å². The summed E-state index contributed by atoms with van der Waals surface area (Å²) in [6.45, 7) is 0.288. The average molecular weight is 466 g/mol. The summed E-state index contributed by atoms with van der Waals surface area (Å²) in [5.41, 5.74) is 2.58. The van der Waals surface area contributed by atoms with Crippen LogP contribution >= 0.6 is 11.8 Å². The molecule has 0 radical (unpaired) electrons. The van der Waals surface area contributed by atoms with E-state index in [1.54, 1.807) is 31.4 Å². The lowest BCUT2D eigenvalue weighted by Gasteiger charge is -2.13. The van der Waals surface area contributed by atoms with Crippen molar-refractivity contribution in [3.63, 3.8) is 0 Å². The lowest BCUT2D eigenvalue weighted by atomic mass is 10.1. The summed E-state index contributed by atoms with van der Waals surface area (Å²) >= 11 is 0.874. The Morgan fingerprint density at radius 1 is 1.12 bits per heavy atom. The second-order valence-corrected chi connectivity index (χ2v) is 8.33. The van der Waals surface area contributed by atoms with E-state index < -0.39 is 0 Å². The summed E-state index contributed by atoms with van der Waals surface area (Å²) in [6.07, 6.45) is 3.67. The third kappa shape index (κ3) is 4.88. The molecule has 1 fully saturated rings. The molecule has 170 valence electrons. The largest absolute Gasteiger partial charge is 0.493 e. The van der Waals surface area contributed by atoms with Gasteiger partial charge in [0, 0.05) is 30.2 Å². The van der Waals surface area contributed by atoms with Crippen LogP contribution in [0.15, 0.2) is 53.6 Å². The molecule has 8 nitrogen and oxygen atoms in total. The molecule has 3 amide bonds. The van der Waals surface area contributed by atoms with Crippen LogP contribution in [0.3, 0.4) is 0 Å². The highest BCUT2D eigenvalue weighted by molar-refractivity contribution is 8.18. The highest BCUT2D eigenvalue weighted by atomic mass is 32.2. The normalized spacial score (nSPS) is 14.8. The number of nitrogens with zero attached hydrogens (tertiary/aromatic N) is 1. The predicted octanol–water partition coefficient (Wildman–Crippen LogP) is 3.58. The highest BCUT2D eigenvalue weighted by Gasteiger charge is 2.34. The number of fused-ring (bicyclic) bond motifs is 1. The van der Waals surface area contributed by atoms with Crippen molar-refractivity contribution in [1.29, 1.82) is 0 Å². The summed E-state index contributed by atoms with van der Waals surface area (Å²) < 4.78 is 10.5. The minimum atomic E-state index is -0.384. The number of rotatable bonds is 8. The van der Waals surface area contributed by atoms with Gasteiger partial charge in [-0.1, -0.05) is 24.3 Å². The SMILES string of the molecule is COc1ccc(C=C2SC(=O)N(CCNC(=O)Cc3c[nH]c4ccccc34)C2=O)cc1OC. The fourth-order valence-corrected chi connectivity index (χ4v) is 4.47. The van der Waals surface area contributed by atoms with Crippen molar-refractivity contribution in [2.75, 3.05) is 27.3 Å². The minimum Gasteiger partial charge on any atom is -0.493 e. The maximum Gasteiger partial charge on any atom is 0.293 e. The van der Waals surface area contributed by atoms with Gasteiger partial charge >= 0.3 is 0 Å². The second kappa shape index (κ2) is 9.83. The topological polar surface area (TPSA) is 101 Å². The number of methoxy groups -OCH3 is 2. The van der Waals surface area contributed by atoms with Crippen molar-refractivity contribution < 1.29 is 23.9 Å². The zero-order valence-electron chi connectivity index (χ0n) is 18.2. The van der Waals surface area contributed by atoms with Crippen molar-refractivity contribution in [2.45, 2.75) is 6.42 Å². The summed E-state index contributed by atoms with van der Waals surface area (Å²) in [5.74, 6) is 0.549. The monoisotopic (exact) mass is 465 g/mol. The first-order valence-corrected chi connectivity index (χ1v) is 11.1. The van der Waals surface area contributed by atoms with Crippen molar-refractivity contribution in [3.05, 3.63) is 64.7 Å². The fourth-order valence-electron chi connectivity index (χ4n) is 3.61. The zero-order chi connectivity index (χ0) is 23.4. The molecule has 2 aromatic carbocycles. The molecular formula is C24H23N3O5S. The number of H-pyrrole nitrogens is 1. The number of hydrogen-bond donors (Lipinski definition) is 2. The molecule has 1 aliphatic heterocycles. The molecule has 4 rings (SSSR count). The molecule has 33 heavy (non-hydrogen) atoms. The van der Waals surface area contributed by atoms with E-state index in [4.69, 9.17) is 9.47 Å². The van der Waals surface area contributed by atoms with E-state index in [-0.39, 0.29) is 36.6 Å². The molecule has 2 N–H and O–H groups in total. The number of imide groups is 1. The third-order valence-corrected chi connectivity index (χ3v) is 6.17. The molecule has 0 aliphatic carbocycles. The summed E-state index contributed by atoms with van der Waals surface area (Å²) in [5, 5.41) is 3.42. The standard InChI is InChI=1S/C24H23N3O5S/c1-31-19-8-7-15(11-20(19)32-2)12-21-23(29)27(24(30)33-21)10-9-25-22(28)13-16-14-26-18-6-4-3-5-17(16)18/h3-8,11-12,14,26H,9-10,13H2,1-2H3,(H,25,28). The van der Waals surface area contributed by atoms with Gasteiger partial charge in [0.2, 0.25) is 5.91 Å². The Balaban J connectivity index is 1.34. The van der Waals surface area contributed by atoms with E-state index in [0.29, 0.717) is 22.0 Å². The van der Waals surface area contributed by atoms with Crippen LogP contribution in [-0.4, -0.2) is 54.2 Å². The molecule has 2 heterocycles. The first kappa shape index (κ1) is 22.5. The van der Waals surface area contributed by atoms with Crippen molar-refractivity contribution in [1.82, 2.24) is 15.2 Å². The molecule has 1 aromatic heterocycles. The molecule has 0 atom stereocenters. The van der Waals surface area contributed by atoms with Crippen LogP contribution in [-0.2, 0) is 16.0 Å². The van der Waals surface area contributed by atoms with Gasteiger partial charge in [0.1, 0.15) is 0 Å². The van der Waals surface area contributed by atoms with Crippen LogP contribution in [0.25, 0.3) is 17.0 Å². The van der Waals surface area contributed by atoms with Crippen LogP contribution in [0.4, 0.5) is 4.79 Å². The molecule has 1 saturated heterocycles. The Labute approximate surface area is 194 Å². The number of nitrogens with one attached hydrogen (secondary N) is 2. The van der Waals surface area contributed by atoms with Crippen LogP contribution in [0, 0.1) is 0 Å². The predicted molar refractivity (Wildman–Crippen MR) is 127 cm³/mol. The number of aromatic amines is 1. The summed E-state index contributed by atoms with van der Waals surface area (Å²) in [6, 6.07) is 13.0. The fraction of sp³-hybridized carbons (Fsp3) is 0.208. The van der Waals surface area contributed by atoms with Gasteiger partial charge in [0.15, 0.2) is 11.5 Å². The van der Waals surface area contributed by atoms with E-state index in [9.17, 15) is 14.4 Å².